The van der Waals surface area contributed by atoms with Crippen LogP contribution in [-0.2, 0) is 11.2 Å². The smallest absolute Gasteiger partial charge is 0.446 e. The van der Waals surface area contributed by atoms with E-state index >= 15 is 0 Å². The van der Waals surface area contributed by atoms with Gasteiger partial charge >= 0.3 is 5.51 Å². The number of benzene rings is 1. The van der Waals surface area contributed by atoms with Gasteiger partial charge in [0.15, 0.2) is 0 Å². The molecule has 7 heteroatoms. The Hall–Kier alpha value is -0.690. The van der Waals surface area contributed by atoms with Crippen LogP contribution < -0.4 is 4.74 Å². The minimum absolute atomic E-state index is 0.0360. The van der Waals surface area contributed by atoms with Crippen LogP contribution in [0.4, 0.5) is 13.2 Å². The lowest BCUT2D eigenvalue weighted by atomic mass is 10.1. The van der Waals surface area contributed by atoms with Crippen LogP contribution in [0.3, 0.4) is 0 Å². The summed E-state index contributed by atoms with van der Waals surface area (Å²) in [6.07, 6.45) is -0.0510. The van der Waals surface area contributed by atoms with Gasteiger partial charge < -0.3 is 4.74 Å². The molecule has 0 amide bonds. The largest absolute Gasteiger partial charge is 0.493 e. The molecule has 0 radical (unpaired) electrons. The molecular weight excluding hydrogens is 345 g/mol. The van der Waals surface area contributed by atoms with E-state index in [1.54, 1.807) is 13.0 Å². The average molecular weight is 357 g/mol. The van der Waals surface area contributed by atoms with Gasteiger partial charge in [0, 0.05) is 6.42 Å². The zero-order chi connectivity index (χ0) is 14.5. The van der Waals surface area contributed by atoms with E-state index in [2.05, 4.69) is 15.9 Å². The highest BCUT2D eigenvalue weighted by Gasteiger charge is 2.32. The van der Waals surface area contributed by atoms with Crippen molar-refractivity contribution in [2.75, 3.05) is 11.9 Å². The minimum atomic E-state index is -4.42. The molecule has 1 aromatic carbocycles. The Morgan fingerprint density at radius 1 is 1.42 bits per heavy atom. The Kier molecular flexibility index (Phi) is 6.19. The molecule has 0 spiro atoms. The summed E-state index contributed by atoms with van der Waals surface area (Å²) in [5.74, 6) is -0.0256. The van der Waals surface area contributed by atoms with E-state index in [-0.39, 0.29) is 46.5 Å². The van der Waals surface area contributed by atoms with E-state index in [0.717, 1.165) is 0 Å². The number of hydrogen-bond donors (Lipinski definition) is 0. The summed E-state index contributed by atoms with van der Waals surface area (Å²) in [4.78, 5) is 11.4. The Balaban J connectivity index is 3.13. The highest BCUT2D eigenvalue weighted by molar-refractivity contribution is 9.09. The van der Waals surface area contributed by atoms with Crippen molar-refractivity contribution in [3.8, 4) is 5.75 Å². The monoisotopic (exact) mass is 356 g/mol. The Labute approximate surface area is 121 Å². The molecule has 1 rings (SSSR count). The molecule has 0 unspecified atom stereocenters. The van der Waals surface area contributed by atoms with Gasteiger partial charge in [0.1, 0.15) is 11.5 Å². The third-order valence-electron chi connectivity index (χ3n) is 2.11. The second-order valence-electron chi connectivity index (χ2n) is 3.57. The molecule has 2 nitrogen and oxygen atoms in total. The lowest BCUT2D eigenvalue weighted by molar-refractivity contribution is -0.115. The molecule has 0 aliphatic rings. The van der Waals surface area contributed by atoms with E-state index in [1.165, 1.54) is 12.1 Å². The molecule has 1 aromatic rings. The van der Waals surface area contributed by atoms with Crippen molar-refractivity contribution in [1.29, 1.82) is 0 Å². The molecule has 0 aromatic heterocycles. The molecule has 0 N–H and O–H groups in total. The van der Waals surface area contributed by atoms with Crippen molar-refractivity contribution in [3.63, 3.8) is 0 Å². The summed E-state index contributed by atoms with van der Waals surface area (Å²) in [6.45, 7) is 1.96. The van der Waals surface area contributed by atoms with Crippen molar-refractivity contribution in [1.82, 2.24) is 0 Å². The van der Waals surface area contributed by atoms with Gasteiger partial charge in [-0.05, 0) is 30.3 Å². The number of hydrogen-bond acceptors (Lipinski definition) is 3. The summed E-state index contributed by atoms with van der Waals surface area (Å²) in [5, 5.41) is 0.113. The molecule has 19 heavy (non-hydrogen) atoms. The normalized spacial score (nSPS) is 11.4. The topological polar surface area (TPSA) is 26.3 Å². The van der Waals surface area contributed by atoms with Crippen LogP contribution in [0.2, 0.25) is 0 Å². The van der Waals surface area contributed by atoms with Gasteiger partial charge in [-0.25, -0.2) is 0 Å². The molecule has 0 atom stereocenters. The SMILES string of the molecule is CCOc1cccc(CC(=O)CBr)c1SC(F)(F)F. The number of carbonyl (C=O) groups is 1. The molecule has 0 aliphatic carbocycles. The zero-order valence-corrected chi connectivity index (χ0v) is 12.5. The molecule has 0 aliphatic heterocycles. The lowest BCUT2D eigenvalue weighted by Crippen LogP contribution is -2.08. The van der Waals surface area contributed by atoms with E-state index in [9.17, 15) is 18.0 Å². The van der Waals surface area contributed by atoms with Crippen molar-refractivity contribution in [2.24, 2.45) is 0 Å². The highest BCUT2D eigenvalue weighted by Crippen LogP contribution is 2.43. The molecule has 0 bridgehead atoms. The van der Waals surface area contributed by atoms with Gasteiger partial charge in [0.05, 0.1) is 16.8 Å². The number of ketones is 1. The Bertz CT molecular complexity index is 449. The first-order valence-electron chi connectivity index (χ1n) is 5.45. The number of ether oxygens (including phenoxy) is 1. The number of Topliss-reactive ketones (excluding diaryl/α,β-unsaturated/α-hetero) is 1. The van der Waals surface area contributed by atoms with Crippen LogP contribution in [0.25, 0.3) is 0 Å². The fourth-order valence-electron chi connectivity index (χ4n) is 1.46. The lowest BCUT2D eigenvalue weighted by Gasteiger charge is -2.15. The molecule has 0 heterocycles. The van der Waals surface area contributed by atoms with Gasteiger partial charge in [0.25, 0.3) is 0 Å². The van der Waals surface area contributed by atoms with E-state index in [4.69, 9.17) is 4.74 Å². The maximum absolute atomic E-state index is 12.6. The number of carbonyl (C=O) groups excluding carboxylic acids is 1. The fourth-order valence-corrected chi connectivity index (χ4v) is 2.39. The summed E-state index contributed by atoms with van der Waals surface area (Å²) >= 11 is 2.75. The van der Waals surface area contributed by atoms with Crippen molar-refractivity contribution >= 4 is 33.5 Å². The predicted molar refractivity (Wildman–Crippen MR) is 72.0 cm³/mol. The van der Waals surface area contributed by atoms with Crippen molar-refractivity contribution in [3.05, 3.63) is 23.8 Å². The molecule has 0 saturated heterocycles. The van der Waals surface area contributed by atoms with E-state index in [0.29, 0.717) is 5.56 Å². The number of thioether (sulfide) groups is 1. The summed E-state index contributed by atoms with van der Waals surface area (Å²) in [5.41, 5.74) is -4.09. The van der Waals surface area contributed by atoms with Crippen LogP contribution >= 0.6 is 27.7 Å². The minimum Gasteiger partial charge on any atom is -0.493 e. The van der Waals surface area contributed by atoms with Crippen LogP contribution in [0, 0.1) is 0 Å². The van der Waals surface area contributed by atoms with Crippen LogP contribution in [0.5, 0.6) is 5.75 Å². The third-order valence-corrected chi connectivity index (χ3v) is 3.64. The molecular formula is C12H12BrF3O2S. The molecule has 0 saturated carbocycles. The maximum atomic E-state index is 12.6. The maximum Gasteiger partial charge on any atom is 0.446 e. The van der Waals surface area contributed by atoms with E-state index in [1.807, 2.05) is 0 Å². The molecule has 106 valence electrons. The first-order valence-corrected chi connectivity index (χ1v) is 7.39. The van der Waals surface area contributed by atoms with Gasteiger partial charge in [-0.1, -0.05) is 28.1 Å². The number of rotatable bonds is 6. The second kappa shape index (κ2) is 7.19. The van der Waals surface area contributed by atoms with Crippen LogP contribution in [0.1, 0.15) is 12.5 Å². The zero-order valence-electron chi connectivity index (χ0n) is 10.1. The third kappa shape index (κ3) is 5.44. The van der Waals surface area contributed by atoms with Crippen molar-refractivity contribution in [2.45, 2.75) is 23.7 Å². The Morgan fingerprint density at radius 2 is 2.11 bits per heavy atom. The van der Waals surface area contributed by atoms with Crippen LogP contribution in [-0.4, -0.2) is 23.2 Å². The quantitative estimate of drug-likeness (QED) is 0.564. The standard InChI is InChI=1S/C12H12BrF3O2S/c1-2-18-10-5-3-4-8(6-9(17)7-13)11(10)19-12(14,15)16/h3-5H,2,6-7H2,1H3. The van der Waals surface area contributed by atoms with Crippen molar-refractivity contribution < 1.29 is 22.7 Å². The van der Waals surface area contributed by atoms with Gasteiger partial charge in [-0.15, -0.1) is 0 Å². The highest BCUT2D eigenvalue weighted by atomic mass is 79.9. The van der Waals surface area contributed by atoms with Gasteiger partial charge in [0.2, 0.25) is 0 Å². The summed E-state index contributed by atoms with van der Waals surface area (Å²) in [7, 11) is 0. The molecule has 0 fully saturated rings. The van der Waals surface area contributed by atoms with Gasteiger partial charge in [-0.3, -0.25) is 4.79 Å². The summed E-state index contributed by atoms with van der Waals surface area (Å²) < 4.78 is 42.9. The second-order valence-corrected chi connectivity index (χ2v) is 5.21. The Morgan fingerprint density at radius 3 is 2.63 bits per heavy atom. The number of halogens is 4. The predicted octanol–water partition coefficient (Wildman–Crippen LogP) is 4.20. The average Bonchev–Trinajstić information content (AvgIpc) is 2.31. The van der Waals surface area contributed by atoms with Crippen LogP contribution in [0.15, 0.2) is 23.1 Å². The first kappa shape index (κ1) is 16.4. The summed E-state index contributed by atoms with van der Waals surface area (Å²) in [6, 6.07) is 4.57. The number of alkyl halides is 4. The van der Waals surface area contributed by atoms with E-state index < -0.39 is 5.51 Å². The fraction of sp³-hybridized carbons (Fsp3) is 0.417. The first-order chi connectivity index (χ1) is 8.87. The van der Waals surface area contributed by atoms with Gasteiger partial charge in [-0.2, -0.15) is 13.2 Å².